The molecule has 1 aromatic carbocycles. The number of anilines is 2. The van der Waals surface area contributed by atoms with Crippen molar-refractivity contribution in [3.05, 3.63) is 35.7 Å². The number of nitrogens with zero attached hydrogens (tertiary/aromatic N) is 2. The lowest BCUT2D eigenvalue weighted by atomic mass is 10.1. The molecule has 2 aromatic rings. The number of rotatable bonds is 6. The van der Waals surface area contributed by atoms with Crippen molar-refractivity contribution in [2.24, 2.45) is 0 Å². The van der Waals surface area contributed by atoms with Crippen LogP contribution in [0.2, 0.25) is 0 Å². The van der Waals surface area contributed by atoms with E-state index in [4.69, 9.17) is 0 Å². The van der Waals surface area contributed by atoms with Crippen LogP contribution in [0.3, 0.4) is 0 Å². The molecule has 1 N–H and O–H groups in total. The summed E-state index contributed by atoms with van der Waals surface area (Å²) in [7, 11) is -4.73. The van der Waals surface area contributed by atoms with E-state index in [1.807, 2.05) is 12.1 Å². The minimum atomic E-state index is -3.89. The van der Waals surface area contributed by atoms with Gasteiger partial charge >= 0.3 is 0 Å². The first-order valence-electron chi connectivity index (χ1n) is 8.60. The molecule has 2 heterocycles. The van der Waals surface area contributed by atoms with Crippen LogP contribution in [0.5, 0.6) is 0 Å². The molecule has 0 atom stereocenters. The number of nitrogens with one attached hydrogen (secondary N) is 1. The molecule has 1 saturated heterocycles. The SMILES string of the molecule is CN(C)S(=O)(=O)c1cc(S(=O)(=O)Nc2ccccc2N2CCCCC2)cs1. The number of thiophene rings is 1. The van der Waals surface area contributed by atoms with Gasteiger partial charge in [-0.1, -0.05) is 12.1 Å². The molecular weight excluding hydrogens is 406 g/mol. The van der Waals surface area contributed by atoms with Gasteiger partial charge in [0.15, 0.2) is 0 Å². The predicted molar refractivity (Wildman–Crippen MR) is 109 cm³/mol. The molecule has 0 radical (unpaired) electrons. The maximum absolute atomic E-state index is 12.8. The molecule has 7 nitrogen and oxygen atoms in total. The highest BCUT2D eigenvalue weighted by atomic mass is 32.2. The molecule has 0 bridgehead atoms. The largest absolute Gasteiger partial charge is 0.370 e. The molecule has 1 aromatic heterocycles. The van der Waals surface area contributed by atoms with Crippen LogP contribution in [0.15, 0.2) is 44.8 Å². The Bertz CT molecular complexity index is 1010. The Balaban J connectivity index is 1.89. The van der Waals surface area contributed by atoms with Gasteiger partial charge in [-0.05, 0) is 37.5 Å². The zero-order valence-corrected chi connectivity index (χ0v) is 17.7. The third-order valence-electron chi connectivity index (χ3n) is 4.44. The van der Waals surface area contributed by atoms with Gasteiger partial charge in [0.05, 0.1) is 16.3 Å². The Labute approximate surface area is 164 Å². The molecule has 1 fully saturated rings. The van der Waals surface area contributed by atoms with Gasteiger partial charge in [-0.15, -0.1) is 11.3 Å². The number of para-hydroxylation sites is 2. The molecule has 10 heteroatoms. The molecule has 0 amide bonds. The van der Waals surface area contributed by atoms with Gasteiger partial charge in [-0.2, -0.15) is 0 Å². The van der Waals surface area contributed by atoms with Crippen LogP contribution in [0.1, 0.15) is 19.3 Å². The topological polar surface area (TPSA) is 86.8 Å². The van der Waals surface area contributed by atoms with Crippen LogP contribution in [-0.2, 0) is 20.0 Å². The normalized spacial score (nSPS) is 15.9. The molecule has 148 valence electrons. The molecule has 0 saturated carbocycles. The maximum Gasteiger partial charge on any atom is 0.262 e. The summed E-state index contributed by atoms with van der Waals surface area (Å²) in [6.45, 7) is 1.78. The smallest absolute Gasteiger partial charge is 0.262 e. The van der Waals surface area contributed by atoms with Gasteiger partial charge in [0.25, 0.3) is 20.0 Å². The Hall–Kier alpha value is -1.62. The second-order valence-corrected chi connectivity index (χ2v) is 11.5. The summed E-state index contributed by atoms with van der Waals surface area (Å²) in [5, 5.41) is 1.35. The standard InChI is InChI=1S/C17H23N3O4S3/c1-19(2)27(23,24)17-12-14(13-25-17)26(21,22)18-15-8-4-5-9-16(15)20-10-6-3-7-11-20/h4-5,8-9,12-13,18H,3,6-7,10-11H2,1-2H3. The van der Waals surface area contributed by atoms with Crippen molar-refractivity contribution in [2.45, 2.75) is 28.4 Å². The summed E-state index contributed by atoms with van der Waals surface area (Å²) in [6.07, 6.45) is 3.34. The van der Waals surface area contributed by atoms with Crippen molar-refractivity contribution < 1.29 is 16.8 Å². The molecule has 1 aliphatic rings. The van der Waals surface area contributed by atoms with Gasteiger partial charge in [0, 0.05) is 32.6 Å². The van der Waals surface area contributed by atoms with Crippen molar-refractivity contribution >= 4 is 42.8 Å². The highest BCUT2D eigenvalue weighted by molar-refractivity contribution is 7.93. The summed E-state index contributed by atoms with van der Waals surface area (Å²) in [5.74, 6) is 0. The van der Waals surface area contributed by atoms with Gasteiger partial charge < -0.3 is 4.90 Å². The number of benzene rings is 1. The van der Waals surface area contributed by atoms with Gasteiger partial charge in [-0.3, -0.25) is 4.72 Å². The van der Waals surface area contributed by atoms with E-state index < -0.39 is 20.0 Å². The van der Waals surface area contributed by atoms with Crippen molar-refractivity contribution in [1.82, 2.24) is 4.31 Å². The van der Waals surface area contributed by atoms with E-state index in [1.54, 1.807) is 12.1 Å². The molecule has 3 rings (SSSR count). The fourth-order valence-electron chi connectivity index (χ4n) is 2.93. The summed E-state index contributed by atoms with van der Waals surface area (Å²) in [6, 6.07) is 8.49. The highest BCUT2D eigenvalue weighted by Gasteiger charge is 2.25. The van der Waals surface area contributed by atoms with Gasteiger partial charge in [-0.25, -0.2) is 21.1 Å². The third kappa shape index (κ3) is 4.29. The third-order valence-corrected chi connectivity index (χ3v) is 9.17. The molecule has 0 aliphatic carbocycles. The lowest BCUT2D eigenvalue weighted by molar-refractivity contribution is 0.523. The van der Waals surface area contributed by atoms with Crippen LogP contribution >= 0.6 is 11.3 Å². The lowest BCUT2D eigenvalue weighted by Gasteiger charge is -2.30. The van der Waals surface area contributed by atoms with Crippen LogP contribution in [-0.4, -0.2) is 48.3 Å². The monoisotopic (exact) mass is 429 g/mol. The molecule has 27 heavy (non-hydrogen) atoms. The predicted octanol–water partition coefficient (Wildman–Crippen LogP) is 2.79. The number of hydrogen-bond acceptors (Lipinski definition) is 6. The first kappa shape index (κ1) is 20.1. The molecule has 0 spiro atoms. The summed E-state index contributed by atoms with van der Waals surface area (Å²) < 4.78 is 53.7. The minimum absolute atomic E-state index is 0.00260. The minimum Gasteiger partial charge on any atom is -0.370 e. The number of hydrogen-bond donors (Lipinski definition) is 1. The quantitative estimate of drug-likeness (QED) is 0.763. The zero-order valence-electron chi connectivity index (χ0n) is 15.3. The van der Waals surface area contributed by atoms with Gasteiger partial charge in [0.2, 0.25) is 0 Å². The van der Waals surface area contributed by atoms with E-state index in [9.17, 15) is 16.8 Å². The Morgan fingerprint density at radius 2 is 1.70 bits per heavy atom. The van der Waals surface area contributed by atoms with Crippen LogP contribution < -0.4 is 9.62 Å². The second kappa shape index (κ2) is 7.78. The first-order chi connectivity index (χ1) is 12.7. The summed E-state index contributed by atoms with van der Waals surface area (Å²) in [5.41, 5.74) is 1.35. The van der Waals surface area contributed by atoms with Crippen molar-refractivity contribution in [3.63, 3.8) is 0 Å². The molecule has 0 unspecified atom stereocenters. The second-order valence-electron chi connectivity index (χ2n) is 6.56. The average Bonchev–Trinajstić information content (AvgIpc) is 3.14. The number of piperidine rings is 1. The van der Waals surface area contributed by atoms with Crippen LogP contribution in [0, 0.1) is 0 Å². The zero-order chi connectivity index (χ0) is 19.7. The lowest BCUT2D eigenvalue weighted by Crippen LogP contribution is -2.30. The fourth-order valence-corrected chi connectivity index (χ4v) is 6.79. The Morgan fingerprint density at radius 1 is 1.04 bits per heavy atom. The molecule has 1 aliphatic heterocycles. The van der Waals surface area contributed by atoms with Crippen LogP contribution in [0.25, 0.3) is 0 Å². The Kier molecular flexibility index (Phi) is 5.80. The van der Waals surface area contributed by atoms with E-state index in [1.165, 1.54) is 32.0 Å². The van der Waals surface area contributed by atoms with E-state index in [0.29, 0.717) is 5.69 Å². The van der Waals surface area contributed by atoms with E-state index in [0.717, 1.165) is 47.3 Å². The summed E-state index contributed by atoms with van der Waals surface area (Å²) in [4.78, 5) is 2.12. The summed E-state index contributed by atoms with van der Waals surface area (Å²) >= 11 is 0.895. The first-order valence-corrected chi connectivity index (χ1v) is 12.4. The Morgan fingerprint density at radius 3 is 2.37 bits per heavy atom. The van der Waals surface area contributed by atoms with Crippen molar-refractivity contribution in [3.8, 4) is 0 Å². The van der Waals surface area contributed by atoms with Gasteiger partial charge in [0.1, 0.15) is 4.21 Å². The van der Waals surface area contributed by atoms with E-state index >= 15 is 0 Å². The fraction of sp³-hybridized carbons (Fsp3) is 0.412. The van der Waals surface area contributed by atoms with Crippen molar-refractivity contribution in [1.29, 1.82) is 0 Å². The van der Waals surface area contributed by atoms with Crippen molar-refractivity contribution in [2.75, 3.05) is 36.8 Å². The highest BCUT2D eigenvalue weighted by Crippen LogP contribution is 2.32. The number of sulfonamides is 2. The van der Waals surface area contributed by atoms with Crippen LogP contribution in [0.4, 0.5) is 11.4 Å². The van der Waals surface area contributed by atoms with E-state index in [-0.39, 0.29) is 9.10 Å². The molecular formula is C17H23N3O4S3. The maximum atomic E-state index is 12.8. The van der Waals surface area contributed by atoms with E-state index in [2.05, 4.69) is 9.62 Å². The average molecular weight is 430 g/mol.